The molecular weight excluding hydrogens is 342 g/mol. The fourth-order valence-electron chi connectivity index (χ4n) is 3.09. The number of rotatable bonds is 5. The predicted octanol–water partition coefficient (Wildman–Crippen LogP) is 1.21. The minimum absolute atomic E-state index is 0. The van der Waals surface area contributed by atoms with E-state index in [-0.39, 0.29) is 42.2 Å². The molecule has 2 heterocycles. The molecule has 1 N–H and O–H groups in total. The summed E-state index contributed by atoms with van der Waals surface area (Å²) in [5.41, 5.74) is 0.864. The van der Waals surface area contributed by atoms with Crippen LogP contribution in [0.15, 0.2) is 12.4 Å². The van der Waals surface area contributed by atoms with Gasteiger partial charge < -0.3 is 15.1 Å². The molecule has 1 aromatic heterocycles. The lowest BCUT2D eigenvalue weighted by molar-refractivity contribution is -0.141. The molecule has 2 rings (SSSR count). The van der Waals surface area contributed by atoms with Crippen LogP contribution in [0, 0.1) is 5.92 Å². The van der Waals surface area contributed by atoms with E-state index in [1.165, 1.54) is 0 Å². The topological polar surface area (TPSA) is 70.5 Å². The summed E-state index contributed by atoms with van der Waals surface area (Å²) in [6.45, 7) is 5.28. The number of piperidine rings is 1. The van der Waals surface area contributed by atoms with E-state index in [1.807, 2.05) is 39.0 Å². The van der Waals surface area contributed by atoms with E-state index in [2.05, 4.69) is 10.4 Å². The number of carbonyl (C=O) groups is 2. The summed E-state index contributed by atoms with van der Waals surface area (Å²) in [5.74, 6) is 0.260. The lowest BCUT2D eigenvalue weighted by atomic mass is 9.94. The number of amides is 2. The lowest BCUT2D eigenvalue weighted by Crippen LogP contribution is -2.47. The number of halogens is 1. The van der Waals surface area contributed by atoms with E-state index in [1.54, 1.807) is 22.8 Å². The molecular formula is C17H30ClN5O2. The third-order valence-electron chi connectivity index (χ3n) is 4.87. The number of likely N-dealkylation sites (N-methyl/N-ethyl adjacent to an activating group) is 1. The molecule has 1 aromatic rings. The van der Waals surface area contributed by atoms with Crippen molar-refractivity contribution in [2.24, 2.45) is 13.0 Å². The lowest BCUT2D eigenvalue weighted by Gasteiger charge is -2.35. The fraction of sp³-hybridized carbons (Fsp3) is 0.706. The van der Waals surface area contributed by atoms with Crippen molar-refractivity contribution in [3.63, 3.8) is 0 Å². The second-order valence-corrected chi connectivity index (χ2v) is 6.81. The SMILES string of the molecule is CNC(C(=O)N1CCC(C(=O)N(C)C(C)C)CC1)c1cnn(C)c1.Cl. The van der Waals surface area contributed by atoms with Crippen molar-refractivity contribution < 1.29 is 9.59 Å². The number of aromatic nitrogens is 2. The molecule has 0 aliphatic carbocycles. The predicted molar refractivity (Wildman–Crippen MR) is 99.5 cm³/mol. The standard InChI is InChI=1S/C17H29N5O2.ClH/c1-12(2)21(5)16(23)13-6-8-22(9-7-13)17(24)15(18-3)14-10-19-20(4)11-14;/h10-13,15,18H,6-9H2,1-5H3;1H. The number of likely N-dealkylation sites (tertiary alicyclic amines) is 1. The van der Waals surface area contributed by atoms with Crippen molar-refractivity contribution in [2.75, 3.05) is 27.2 Å². The zero-order valence-corrected chi connectivity index (χ0v) is 16.5. The van der Waals surface area contributed by atoms with Crippen molar-refractivity contribution in [3.8, 4) is 0 Å². The first kappa shape index (κ1) is 21.4. The van der Waals surface area contributed by atoms with Gasteiger partial charge in [0.05, 0.1) is 6.20 Å². The van der Waals surface area contributed by atoms with Crippen LogP contribution in [0.1, 0.15) is 38.3 Å². The Morgan fingerprint density at radius 3 is 2.36 bits per heavy atom. The van der Waals surface area contributed by atoms with Crippen LogP contribution in [0.5, 0.6) is 0 Å². The minimum atomic E-state index is -0.385. The van der Waals surface area contributed by atoms with E-state index in [4.69, 9.17) is 0 Å². The summed E-state index contributed by atoms with van der Waals surface area (Å²) >= 11 is 0. The summed E-state index contributed by atoms with van der Waals surface area (Å²) in [7, 11) is 5.47. The molecule has 0 saturated carbocycles. The van der Waals surface area contributed by atoms with Crippen LogP contribution in [0.3, 0.4) is 0 Å². The molecule has 0 bridgehead atoms. The van der Waals surface area contributed by atoms with E-state index < -0.39 is 0 Å². The maximum atomic E-state index is 12.8. The number of aryl methyl sites for hydroxylation is 1. The van der Waals surface area contributed by atoms with E-state index in [9.17, 15) is 9.59 Å². The van der Waals surface area contributed by atoms with Gasteiger partial charge in [-0.1, -0.05) is 0 Å². The van der Waals surface area contributed by atoms with E-state index in [0.29, 0.717) is 13.1 Å². The summed E-state index contributed by atoms with van der Waals surface area (Å²) < 4.78 is 1.69. The van der Waals surface area contributed by atoms with Gasteiger partial charge in [-0.05, 0) is 33.7 Å². The molecule has 1 atom stereocenters. The second kappa shape index (κ2) is 9.20. The van der Waals surface area contributed by atoms with Crippen LogP contribution in [0.25, 0.3) is 0 Å². The zero-order chi connectivity index (χ0) is 17.9. The largest absolute Gasteiger partial charge is 0.343 e. The van der Waals surface area contributed by atoms with E-state index >= 15 is 0 Å². The first-order valence-corrected chi connectivity index (χ1v) is 8.56. The average Bonchev–Trinajstić information content (AvgIpc) is 3.00. The quantitative estimate of drug-likeness (QED) is 0.844. The smallest absolute Gasteiger partial charge is 0.244 e. The number of carbonyl (C=O) groups excluding carboxylic acids is 2. The molecule has 1 fully saturated rings. The fourth-order valence-corrected chi connectivity index (χ4v) is 3.09. The third kappa shape index (κ3) is 4.95. The average molecular weight is 372 g/mol. The number of nitrogens with one attached hydrogen (secondary N) is 1. The second-order valence-electron chi connectivity index (χ2n) is 6.81. The highest BCUT2D eigenvalue weighted by Crippen LogP contribution is 2.23. The van der Waals surface area contributed by atoms with Crippen LogP contribution in [-0.4, -0.2) is 64.6 Å². The van der Waals surface area contributed by atoms with Gasteiger partial charge in [0.2, 0.25) is 11.8 Å². The van der Waals surface area contributed by atoms with Gasteiger partial charge in [0, 0.05) is 50.9 Å². The summed E-state index contributed by atoms with van der Waals surface area (Å²) in [6, 6.07) is -0.180. The first-order chi connectivity index (χ1) is 11.3. The van der Waals surface area contributed by atoms with Crippen molar-refractivity contribution in [3.05, 3.63) is 18.0 Å². The van der Waals surface area contributed by atoms with Crippen LogP contribution in [-0.2, 0) is 16.6 Å². The molecule has 1 aliphatic rings. The molecule has 142 valence electrons. The number of nitrogens with zero attached hydrogens (tertiary/aromatic N) is 4. The van der Waals surface area contributed by atoms with Gasteiger partial charge in [0.15, 0.2) is 0 Å². The first-order valence-electron chi connectivity index (χ1n) is 8.56. The highest BCUT2D eigenvalue weighted by Gasteiger charge is 2.32. The highest BCUT2D eigenvalue weighted by molar-refractivity contribution is 5.85. The Morgan fingerprint density at radius 1 is 1.32 bits per heavy atom. The Kier molecular flexibility index (Phi) is 7.89. The molecule has 2 amide bonds. The molecule has 25 heavy (non-hydrogen) atoms. The Morgan fingerprint density at radius 2 is 1.92 bits per heavy atom. The highest BCUT2D eigenvalue weighted by atomic mass is 35.5. The summed E-state index contributed by atoms with van der Waals surface area (Å²) in [5, 5.41) is 7.22. The monoisotopic (exact) mass is 371 g/mol. The Bertz CT molecular complexity index is 581. The van der Waals surface area contributed by atoms with Gasteiger partial charge in [-0.3, -0.25) is 14.3 Å². The molecule has 7 nitrogen and oxygen atoms in total. The Balaban J connectivity index is 0.00000312. The van der Waals surface area contributed by atoms with Crippen molar-refractivity contribution in [2.45, 2.75) is 38.8 Å². The normalized spacial score (nSPS) is 16.5. The van der Waals surface area contributed by atoms with Crippen molar-refractivity contribution >= 4 is 24.2 Å². The van der Waals surface area contributed by atoms with Crippen molar-refractivity contribution in [1.82, 2.24) is 24.9 Å². The maximum Gasteiger partial charge on any atom is 0.244 e. The van der Waals surface area contributed by atoms with Gasteiger partial charge in [0.1, 0.15) is 6.04 Å². The van der Waals surface area contributed by atoms with Gasteiger partial charge in [-0.2, -0.15) is 5.10 Å². The summed E-state index contributed by atoms with van der Waals surface area (Å²) in [4.78, 5) is 28.9. The van der Waals surface area contributed by atoms with Gasteiger partial charge in [-0.15, -0.1) is 12.4 Å². The Labute approximate surface area is 156 Å². The van der Waals surface area contributed by atoms with Crippen molar-refractivity contribution in [1.29, 1.82) is 0 Å². The van der Waals surface area contributed by atoms with Crippen LogP contribution >= 0.6 is 12.4 Å². The molecule has 8 heteroatoms. The van der Waals surface area contributed by atoms with Crippen LogP contribution in [0.4, 0.5) is 0 Å². The third-order valence-corrected chi connectivity index (χ3v) is 4.87. The molecule has 1 saturated heterocycles. The minimum Gasteiger partial charge on any atom is -0.343 e. The maximum absolute atomic E-state index is 12.8. The molecule has 1 aliphatic heterocycles. The molecule has 1 unspecified atom stereocenters. The van der Waals surface area contributed by atoms with Crippen LogP contribution in [0.2, 0.25) is 0 Å². The van der Waals surface area contributed by atoms with E-state index in [0.717, 1.165) is 18.4 Å². The zero-order valence-electron chi connectivity index (χ0n) is 15.7. The van der Waals surface area contributed by atoms with Gasteiger partial charge in [0.25, 0.3) is 0 Å². The Hall–Kier alpha value is -1.60. The number of hydrogen-bond donors (Lipinski definition) is 1. The van der Waals surface area contributed by atoms with Gasteiger partial charge >= 0.3 is 0 Å². The summed E-state index contributed by atoms with van der Waals surface area (Å²) in [6.07, 6.45) is 5.02. The number of hydrogen-bond acceptors (Lipinski definition) is 4. The van der Waals surface area contributed by atoms with Crippen LogP contribution < -0.4 is 5.32 Å². The molecule has 0 aromatic carbocycles. The molecule has 0 radical (unpaired) electrons. The molecule has 0 spiro atoms. The van der Waals surface area contributed by atoms with Gasteiger partial charge in [-0.25, -0.2) is 0 Å².